The van der Waals surface area contributed by atoms with Crippen LogP contribution in [0.15, 0.2) is 121 Å². The summed E-state index contributed by atoms with van der Waals surface area (Å²) >= 11 is 3.72. The number of hydrogen-bond acceptors (Lipinski definition) is 0. The summed E-state index contributed by atoms with van der Waals surface area (Å²) in [4.78, 5) is 0. The minimum absolute atomic E-state index is 0.468. The molecule has 0 amide bonds. The molecule has 0 unspecified atom stereocenters. The molecule has 4 aromatic rings. The quantitative estimate of drug-likeness (QED) is 0.284. The Morgan fingerprint density at radius 1 is 0.500 bits per heavy atom. The zero-order valence-electron chi connectivity index (χ0n) is 15.6. The monoisotopic (exact) mass is 464 g/mol. The van der Waals surface area contributed by atoms with Crippen molar-refractivity contribution in [3.05, 3.63) is 121 Å². The molecule has 0 bridgehead atoms. The van der Waals surface area contributed by atoms with Crippen LogP contribution < -0.4 is 21.2 Å². The molecule has 28 heavy (non-hydrogen) atoms. The van der Waals surface area contributed by atoms with Gasteiger partial charge in [0, 0.05) is 0 Å². The molecule has 0 nitrogen and oxygen atoms in total. The van der Waals surface area contributed by atoms with Crippen LogP contribution in [0.2, 0.25) is 0 Å². The van der Waals surface area contributed by atoms with Gasteiger partial charge in [0.15, 0.2) is 0 Å². The molecule has 0 atom stereocenters. The summed E-state index contributed by atoms with van der Waals surface area (Å²) in [5.41, 5.74) is -1.66. The second-order valence-corrected chi connectivity index (χ2v) is 16.1. The van der Waals surface area contributed by atoms with Crippen molar-refractivity contribution in [1.82, 2.24) is 0 Å². The predicted octanol–water partition coefficient (Wildman–Crippen LogP) is 4.83. The van der Waals surface area contributed by atoms with Crippen LogP contribution in [0.5, 0.6) is 0 Å². The minimum atomic E-state index is -1.66. The van der Waals surface area contributed by atoms with Gasteiger partial charge in [0.1, 0.15) is 0 Å². The third-order valence-electron chi connectivity index (χ3n) is 4.82. The van der Waals surface area contributed by atoms with Crippen LogP contribution >= 0.6 is 13.4 Å². The maximum absolute atomic E-state index is 3.72. The molecule has 0 aromatic heterocycles. The van der Waals surface area contributed by atoms with Crippen LogP contribution in [0.3, 0.4) is 0 Å². The Kier molecular flexibility index (Phi) is 6.41. The van der Waals surface area contributed by atoms with E-state index in [0.717, 1.165) is 5.90 Å². The predicted molar refractivity (Wildman–Crippen MR) is 129 cm³/mol. The van der Waals surface area contributed by atoms with Crippen molar-refractivity contribution >= 4 is 49.7 Å². The maximum atomic E-state index is 3.72. The first kappa shape index (κ1) is 19.6. The Labute approximate surface area is 176 Å². The molecule has 0 heterocycles. The summed E-state index contributed by atoms with van der Waals surface area (Å²) in [5, 5.41) is 5.74. The van der Waals surface area contributed by atoms with Crippen molar-refractivity contribution in [2.24, 2.45) is 0 Å². The molecule has 0 aliphatic carbocycles. The molecule has 0 spiro atoms. The fourth-order valence-electron chi connectivity index (χ4n) is 3.38. The second kappa shape index (κ2) is 9.17. The van der Waals surface area contributed by atoms with Gasteiger partial charge < -0.3 is 0 Å². The molecule has 0 N–H and O–H groups in total. The second-order valence-electron chi connectivity index (χ2n) is 6.65. The molecule has 3 heteroatoms. The Morgan fingerprint density at radius 3 is 1.18 bits per heavy atom. The van der Waals surface area contributed by atoms with Crippen LogP contribution in [0, 0.1) is 0 Å². The van der Waals surface area contributed by atoms with Crippen molar-refractivity contribution in [2.75, 3.05) is 5.90 Å². The van der Waals surface area contributed by atoms with Crippen molar-refractivity contribution in [3.8, 4) is 0 Å². The van der Waals surface area contributed by atoms with Gasteiger partial charge in [0.05, 0.1) is 0 Å². The van der Waals surface area contributed by atoms with E-state index < -0.39 is 13.4 Å². The van der Waals surface area contributed by atoms with Gasteiger partial charge >= 0.3 is 177 Å². The van der Waals surface area contributed by atoms with Crippen LogP contribution in [-0.4, -0.2) is 21.0 Å². The van der Waals surface area contributed by atoms with Gasteiger partial charge in [0.2, 0.25) is 0 Å². The van der Waals surface area contributed by atoms with Gasteiger partial charge in [-0.15, -0.1) is 0 Å². The molecular weight excluding hydrogens is 441 g/mol. The van der Waals surface area contributed by atoms with Gasteiger partial charge in [-0.25, -0.2) is 0 Å². The Morgan fingerprint density at radius 2 is 0.821 bits per heavy atom. The fourth-order valence-corrected chi connectivity index (χ4v) is 14.3. The van der Waals surface area contributed by atoms with E-state index in [1.54, 1.807) is 0 Å². The number of rotatable bonds is 6. The Balaban J connectivity index is 1.85. The summed E-state index contributed by atoms with van der Waals surface area (Å²) < 4.78 is 0. The zero-order chi connectivity index (χ0) is 19.2. The van der Waals surface area contributed by atoms with Gasteiger partial charge in [-0.3, -0.25) is 0 Å². The number of hydrogen-bond donors (Lipinski definition) is 0. The molecule has 4 rings (SSSR count). The van der Waals surface area contributed by atoms with Gasteiger partial charge in [-0.2, -0.15) is 0 Å². The van der Waals surface area contributed by atoms with Crippen LogP contribution in [-0.2, 0) is 0 Å². The first-order valence-electron chi connectivity index (χ1n) is 9.35. The Bertz CT molecular complexity index is 966. The third-order valence-corrected chi connectivity index (χ3v) is 16.5. The molecule has 0 saturated carbocycles. The van der Waals surface area contributed by atoms with Crippen molar-refractivity contribution in [1.29, 1.82) is 0 Å². The van der Waals surface area contributed by atoms with Crippen molar-refractivity contribution in [3.63, 3.8) is 0 Å². The van der Waals surface area contributed by atoms with Gasteiger partial charge in [-0.1, -0.05) is 0 Å². The molecule has 0 fully saturated rings. The standard InChI is InChI=1S/C25H22P2Se/c28-27(24-17-9-3-10-18-24,25-19-11-4-12-20-25)21-26(22-13-5-1-6-14-22)23-15-7-2-8-16-23/h1-20H,21H2. The van der Waals surface area contributed by atoms with E-state index >= 15 is 0 Å². The van der Waals surface area contributed by atoms with E-state index in [4.69, 9.17) is 0 Å². The van der Waals surface area contributed by atoms with E-state index in [1.165, 1.54) is 21.2 Å². The zero-order valence-corrected chi connectivity index (χ0v) is 19.1. The molecule has 4 aromatic carbocycles. The first-order chi connectivity index (χ1) is 13.8. The van der Waals surface area contributed by atoms with E-state index in [2.05, 4.69) is 136 Å². The summed E-state index contributed by atoms with van der Waals surface area (Å²) in [6.45, 7) is 0. The molecule has 0 radical (unpaired) electrons. The summed E-state index contributed by atoms with van der Waals surface area (Å²) in [6, 6.07) is 44.1. The van der Waals surface area contributed by atoms with Crippen LogP contribution in [0.25, 0.3) is 0 Å². The molecular formula is C25H22P2Se. The van der Waals surface area contributed by atoms with Crippen molar-refractivity contribution in [2.45, 2.75) is 0 Å². The molecule has 0 aliphatic heterocycles. The van der Waals surface area contributed by atoms with Gasteiger partial charge in [-0.05, 0) is 0 Å². The first-order valence-corrected chi connectivity index (χ1v) is 15.1. The Hall–Kier alpha value is -1.74. The van der Waals surface area contributed by atoms with Crippen LogP contribution in [0.4, 0.5) is 0 Å². The molecule has 138 valence electrons. The van der Waals surface area contributed by atoms with E-state index in [9.17, 15) is 0 Å². The average molecular weight is 463 g/mol. The SMILES string of the molecule is [Se]=P(CP(c1ccccc1)c1ccccc1)(c1ccccc1)c1ccccc1. The van der Waals surface area contributed by atoms with E-state index in [-0.39, 0.29) is 0 Å². The topological polar surface area (TPSA) is 0 Å². The van der Waals surface area contributed by atoms with E-state index in [0.29, 0.717) is 0 Å². The average Bonchev–Trinajstić information content (AvgIpc) is 2.80. The summed E-state index contributed by atoms with van der Waals surface area (Å²) in [7, 11) is -0.468. The van der Waals surface area contributed by atoms with Crippen molar-refractivity contribution < 1.29 is 0 Å². The van der Waals surface area contributed by atoms with Gasteiger partial charge in [0.25, 0.3) is 0 Å². The third kappa shape index (κ3) is 4.30. The van der Waals surface area contributed by atoms with Crippen LogP contribution in [0.1, 0.15) is 0 Å². The van der Waals surface area contributed by atoms with E-state index in [1.807, 2.05) is 0 Å². The normalized spacial score (nSPS) is 11.5. The number of benzene rings is 4. The summed E-state index contributed by atoms with van der Waals surface area (Å²) in [6.07, 6.45) is 0. The fraction of sp³-hybridized carbons (Fsp3) is 0.0400. The summed E-state index contributed by atoms with van der Waals surface area (Å²) in [5.74, 6) is 1.13. The molecule has 0 aliphatic rings. The molecule has 0 saturated heterocycles.